The molecule has 2 fully saturated rings. The molecule has 2 saturated heterocycles. The molecule has 7 heteroatoms. The molecule has 2 N–H and O–H groups in total. The van der Waals surface area contributed by atoms with Gasteiger partial charge in [-0.1, -0.05) is 63.2 Å². The van der Waals surface area contributed by atoms with E-state index in [1.54, 1.807) is 0 Å². The molecule has 2 aliphatic rings. The predicted molar refractivity (Wildman–Crippen MR) is 174 cm³/mol. The first-order chi connectivity index (χ1) is 20.8. The van der Waals surface area contributed by atoms with Crippen LogP contribution in [0.5, 0.6) is 0 Å². The van der Waals surface area contributed by atoms with Crippen molar-refractivity contribution in [1.82, 2.24) is 10.2 Å². The van der Waals surface area contributed by atoms with E-state index in [2.05, 4.69) is 71.5 Å². The minimum absolute atomic E-state index is 0.0187. The van der Waals surface area contributed by atoms with Crippen LogP contribution < -0.4 is 15.5 Å². The van der Waals surface area contributed by atoms with Crippen LogP contribution in [0.3, 0.4) is 0 Å². The molecule has 3 aromatic rings. The Balaban J connectivity index is 1.28. The number of amides is 2. The molecular formula is C36H46N4O3. The van der Waals surface area contributed by atoms with E-state index < -0.39 is 0 Å². The normalized spacial score (nSPS) is 16.6. The minimum Gasteiger partial charge on any atom is -0.379 e. The number of carbonyl (C=O) groups is 2. The van der Waals surface area contributed by atoms with Gasteiger partial charge in [0.05, 0.1) is 18.8 Å². The molecule has 2 amide bonds. The Morgan fingerprint density at radius 2 is 1.56 bits per heavy atom. The van der Waals surface area contributed by atoms with Crippen LogP contribution in [0.1, 0.15) is 65.5 Å². The molecule has 228 valence electrons. The second kappa shape index (κ2) is 14.2. The van der Waals surface area contributed by atoms with Crippen molar-refractivity contribution in [1.29, 1.82) is 0 Å². The molecule has 2 aliphatic heterocycles. The number of nitrogens with zero attached hydrogens (tertiary/aromatic N) is 2. The average Bonchev–Trinajstić information content (AvgIpc) is 3.02. The van der Waals surface area contributed by atoms with Gasteiger partial charge in [-0.15, -0.1) is 0 Å². The van der Waals surface area contributed by atoms with E-state index in [0.29, 0.717) is 29.3 Å². The Labute approximate surface area is 256 Å². The maximum Gasteiger partial charge on any atom is 0.255 e. The first-order valence-electron chi connectivity index (χ1n) is 15.7. The van der Waals surface area contributed by atoms with E-state index >= 15 is 0 Å². The van der Waals surface area contributed by atoms with Gasteiger partial charge in [0.2, 0.25) is 0 Å². The monoisotopic (exact) mass is 582 g/mol. The number of rotatable bonds is 9. The van der Waals surface area contributed by atoms with Gasteiger partial charge < -0.3 is 20.3 Å². The first-order valence-corrected chi connectivity index (χ1v) is 15.7. The number of ether oxygens (including phenoxy) is 1. The highest BCUT2D eigenvalue weighted by atomic mass is 16.5. The van der Waals surface area contributed by atoms with Crippen molar-refractivity contribution >= 4 is 23.2 Å². The highest BCUT2D eigenvalue weighted by Crippen LogP contribution is 2.30. The number of nitrogens with one attached hydrogen (secondary N) is 2. The fourth-order valence-electron chi connectivity index (χ4n) is 5.97. The second-order valence-electron chi connectivity index (χ2n) is 12.8. The topological polar surface area (TPSA) is 73.9 Å². The summed E-state index contributed by atoms with van der Waals surface area (Å²) in [4.78, 5) is 31.4. The predicted octanol–water partition coefficient (Wildman–Crippen LogP) is 5.76. The summed E-state index contributed by atoms with van der Waals surface area (Å²) in [5, 5.41) is 6.16. The Morgan fingerprint density at radius 1 is 0.860 bits per heavy atom. The molecule has 0 unspecified atom stereocenters. The van der Waals surface area contributed by atoms with Crippen molar-refractivity contribution in [2.75, 3.05) is 62.7 Å². The summed E-state index contributed by atoms with van der Waals surface area (Å²) < 4.78 is 5.45. The SMILES string of the molecule is CC(C)(C)c1ccc(C(=O)Nc2ccc(N3CCC(Cc4ccccc4)CC3)c(C(=O)NCCN3CCOCC3)c2)cc1. The third-order valence-electron chi connectivity index (χ3n) is 8.65. The van der Waals surface area contributed by atoms with Gasteiger partial charge >= 0.3 is 0 Å². The summed E-state index contributed by atoms with van der Waals surface area (Å²) in [6.07, 6.45) is 3.25. The van der Waals surface area contributed by atoms with E-state index in [1.807, 2.05) is 42.5 Å². The van der Waals surface area contributed by atoms with Gasteiger partial charge in [-0.05, 0) is 72.1 Å². The van der Waals surface area contributed by atoms with Crippen LogP contribution >= 0.6 is 0 Å². The Morgan fingerprint density at radius 3 is 2.23 bits per heavy atom. The molecule has 0 bridgehead atoms. The van der Waals surface area contributed by atoms with Crippen LogP contribution in [0.25, 0.3) is 0 Å². The van der Waals surface area contributed by atoms with Gasteiger partial charge in [-0.3, -0.25) is 14.5 Å². The van der Waals surface area contributed by atoms with Crippen molar-refractivity contribution in [3.05, 3.63) is 95.1 Å². The molecule has 3 aromatic carbocycles. The number of benzene rings is 3. The zero-order valence-electron chi connectivity index (χ0n) is 25.9. The van der Waals surface area contributed by atoms with Crippen molar-refractivity contribution in [3.63, 3.8) is 0 Å². The van der Waals surface area contributed by atoms with Crippen LogP contribution in [0.15, 0.2) is 72.8 Å². The molecule has 0 aliphatic carbocycles. The van der Waals surface area contributed by atoms with Gasteiger partial charge in [0, 0.05) is 56.2 Å². The van der Waals surface area contributed by atoms with Gasteiger partial charge in [0.15, 0.2) is 0 Å². The number of anilines is 2. The van der Waals surface area contributed by atoms with Crippen molar-refractivity contribution in [2.24, 2.45) is 5.92 Å². The number of hydrogen-bond donors (Lipinski definition) is 2. The van der Waals surface area contributed by atoms with Crippen LogP contribution in [0.4, 0.5) is 11.4 Å². The molecule has 7 nitrogen and oxygen atoms in total. The van der Waals surface area contributed by atoms with E-state index in [4.69, 9.17) is 4.74 Å². The Hall–Kier alpha value is -3.68. The van der Waals surface area contributed by atoms with Crippen LogP contribution in [0.2, 0.25) is 0 Å². The molecular weight excluding hydrogens is 536 g/mol. The van der Waals surface area contributed by atoms with Gasteiger partial charge in [0.25, 0.3) is 11.8 Å². The summed E-state index contributed by atoms with van der Waals surface area (Å²) >= 11 is 0. The molecule has 43 heavy (non-hydrogen) atoms. The molecule has 5 rings (SSSR count). The smallest absolute Gasteiger partial charge is 0.255 e. The number of morpholine rings is 1. The van der Waals surface area contributed by atoms with Crippen LogP contribution in [0, 0.1) is 5.92 Å². The quantitative estimate of drug-likeness (QED) is 0.336. The highest BCUT2D eigenvalue weighted by molar-refractivity contribution is 6.06. The maximum absolute atomic E-state index is 13.6. The minimum atomic E-state index is -0.186. The molecule has 0 saturated carbocycles. The summed E-state index contributed by atoms with van der Waals surface area (Å²) in [6, 6.07) is 24.2. The van der Waals surface area contributed by atoms with E-state index in [9.17, 15) is 9.59 Å². The maximum atomic E-state index is 13.6. The van der Waals surface area contributed by atoms with Gasteiger partial charge in [-0.2, -0.15) is 0 Å². The van der Waals surface area contributed by atoms with E-state index in [1.165, 1.54) is 11.1 Å². The first kappa shape index (κ1) is 30.8. The highest BCUT2D eigenvalue weighted by Gasteiger charge is 2.24. The van der Waals surface area contributed by atoms with Crippen LogP contribution in [-0.2, 0) is 16.6 Å². The fourth-order valence-corrected chi connectivity index (χ4v) is 5.97. The summed E-state index contributed by atoms with van der Waals surface area (Å²) in [5.41, 5.74) is 5.32. The van der Waals surface area contributed by atoms with E-state index in [-0.39, 0.29) is 17.2 Å². The second-order valence-corrected chi connectivity index (χ2v) is 12.8. The molecule has 0 aromatic heterocycles. The summed E-state index contributed by atoms with van der Waals surface area (Å²) in [6.45, 7) is 12.9. The summed E-state index contributed by atoms with van der Waals surface area (Å²) in [7, 11) is 0. The summed E-state index contributed by atoms with van der Waals surface area (Å²) in [5.74, 6) is 0.335. The molecule has 2 heterocycles. The lowest BCUT2D eigenvalue weighted by Crippen LogP contribution is -2.41. The fraction of sp³-hybridized carbons (Fsp3) is 0.444. The standard InChI is InChI=1S/C36H46N4O3/c1-36(2,3)30-11-9-29(10-12-30)34(41)38-31-13-14-33(32(26-31)35(42)37-17-20-39-21-23-43-24-22-39)40-18-15-28(16-19-40)25-27-7-5-4-6-8-27/h4-14,26,28H,15-25H2,1-3H3,(H,37,42)(H,38,41). The third kappa shape index (κ3) is 8.46. The molecule has 0 radical (unpaired) electrons. The van der Waals surface area contributed by atoms with Gasteiger partial charge in [-0.25, -0.2) is 0 Å². The average molecular weight is 583 g/mol. The largest absolute Gasteiger partial charge is 0.379 e. The van der Waals surface area contributed by atoms with E-state index in [0.717, 1.165) is 70.9 Å². The lowest BCUT2D eigenvalue weighted by Gasteiger charge is -2.35. The van der Waals surface area contributed by atoms with Crippen molar-refractivity contribution in [3.8, 4) is 0 Å². The number of hydrogen-bond acceptors (Lipinski definition) is 5. The number of piperidine rings is 1. The zero-order chi connectivity index (χ0) is 30.2. The van der Waals surface area contributed by atoms with Crippen LogP contribution in [-0.4, -0.2) is 69.2 Å². The molecule has 0 atom stereocenters. The lowest BCUT2D eigenvalue weighted by molar-refractivity contribution is 0.0383. The van der Waals surface area contributed by atoms with Crippen molar-refractivity contribution < 1.29 is 14.3 Å². The molecule has 0 spiro atoms. The number of carbonyl (C=O) groups excluding carboxylic acids is 2. The lowest BCUT2D eigenvalue weighted by atomic mass is 9.87. The van der Waals surface area contributed by atoms with Crippen molar-refractivity contribution in [2.45, 2.75) is 45.4 Å². The third-order valence-corrected chi connectivity index (χ3v) is 8.65. The Bertz CT molecular complexity index is 1350. The van der Waals surface area contributed by atoms with Gasteiger partial charge in [0.1, 0.15) is 0 Å². The Kier molecular flexibility index (Phi) is 10.2. The zero-order valence-corrected chi connectivity index (χ0v) is 25.9.